The molecule has 1 aromatic carbocycles. The number of hydrazine groups is 1. The first-order valence-electron chi connectivity index (χ1n) is 4.50. The van der Waals surface area contributed by atoms with Crippen LogP contribution in [0.15, 0.2) is 52.6 Å². The first kappa shape index (κ1) is 9.73. The van der Waals surface area contributed by atoms with Gasteiger partial charge in [-0.2, -0.15) is 0 Å². The molecule has 0 amide bonds. The zero-order valence-corrected chi connectivity index (χ0v) is 8.75. The number of nitrogens with one attached hydrogen (secondary N) is 2. The Kier molecular flexibility index (Phi) is 2.99. The third kappa shape index (κ3) is 2.82. The normalized spacial score (nSPS) is 9.60. The van der Waals surface area contributed by atoms with E-state index in [2.05, 4.69) is 10.9 Å². The lowest BCUT2D eigenvalue weighted by molar-refractivity contribution is 1.42. The van der Waals surface area contributed by atoms with E-state index in [0.29, 0.717) is 0 Å². The van der Waals surface area contributed by atoms with E-state index in [0.717, 1.165) is 11.4 Å². The van der Waals surface area contributed by atoms with Crippen molar-refractivity contribution in [3.63, 3.8) is 0 Å². The van der Waals surface area contributed by atoms with Crippen LogP contribution in [-0.4, -0.2) is 0 Å². The minimum absolute atomic E-state index is 0.0369. The van der Waals surface area contributed by atoms with Gasteiger partial charge in [0.1, 0.15) is 0 Å². The summed E-state index contributed by atoms with van der Waals surface area (Å²) in [6, 6.07) is 13.1. The molecule has 76 valence electrons. The average Bonchev–Trinajstić information content (AvgIpc) is 2.28. The number of rotatable bonds is 3. The Morgan fingerprint density at radius 2 is 1.67 bits per heavy atom. The van der Waals surface area contributed by atoms with Gasteiger partial charge in [0.2, 0.25) is 4.74 Å². The van der Waals surface area contributed by atoms with Crippen LogP contribution in [-0.2, 0) is 0 Å². The van der Waals surface area contributed by atoms with E-state index in [1.807, 2.05) is 36.4 Å². The van der Waals surface area contributed by atoms with Gasteiger partial charge < -0.3 is 10.9 Å². The minimum Gasteiger partial charge on any atom is -0.301 e. The van der Waals surface area contributed by atoms with E-state index in [4.69, 9.17) is 0 Å². The topological polar surface area (TPSA) is 41.1 Å². The number of hydrogen-bond donors (Lipinski definition) is 2. The van der Waals surface area contributed by atoms with Crippen molar-refractivity contribution in [2.75, 3.05) is 10.9 Å². The van der Waals surface area contributed by atoms with Crippen molar-refractivity contribution in [3.05, 3.63) is 57.4 Å². The summed E-state index contributed by atoms with van der Waals surface area (Å²) in [5, 5.41) is 1.76. The summed E-state index contributed by atoms with van der Waals surface area (Å²) in [4.78, 5) is 11.1. The van der Waals surface area contributed by atoms with Gasteiger partial charge in [-0.15, -0.1) is 11.3 Å². The van der Waals surface area contributed by atoms with Crippen LogP contribution in [0.3, 0.4) is 0 Å². The van der Waals surface area contributed by atoms with E-state index in [1.165, 1.54) is 11.3 Å². The van der Waals surface area contributed by atoms with Crippen LogP contribution in [0, 0.1) is 0 Å². The highest BCUT2D eigenvalue weighted by Crippen LogP contribution is 2.08. The summed E-state index contributed by atoms with van der Waals surface area (Å²) in [7, 11) is 0. The smallest absolute Gasteiger partial charge is 0.234 e. The maximum Gasteiger partial charge on any atom is 0.234 e. The Labute approximate surface area is 91.4 Å². The molecule has 0 saturated carbocycles. The van der Waals surface area contributed by atoms with Gasteiger partial charge in [0.05, 0.1) is 11.4 Å². The highest BCUT2D eigenvalue weighted by atomic mass is 32.1. The third-order valence-electron chi connectivity index (χ3n) is 1.83. The molecule has 2 rings (SSSR count). The molecule has 0 radical (unpaired) electrons. The molecule has 0 spiro atoms. The lowest BCUT2D eigenvalue weighted by Crippen LogP contribution is -2.09. The number of anilines is 2. The van der Waals surface area contributed by atoms with Crippen LogP contribution in [0.2, 0.25) is 0 Å². The average molecular weight is 218 g/mol. The second-order valence-electron chi connectivity index (χ2n) is 2.96. The van der Waals surface area contributed by atoms with E-state index in [1.54, 1.807) is 11.4 Å². The second-order valence-corrected chi connectivity index (χ2v) is 3.87. The zero-order chi connectivity index (χ0) is 10.5. The van der Waals surface area contributed by atoms with Gasteiger partial charge in [0, 0.05) is 6.07 Å². The summed E-state index contributed by atoms with van der Waals surface area (Å²) in [6.45, 7) is 0. The van der Waals surface area contributed by atoms with Crippen LogP contribution < -0.4 is 15.6 Å². The van der Waals surface area contributed by atoms with Crippen LogP contribution in [0.5, 0.6) is 0 Å². The zero-order valence-electron chi connectivity index (χ0n) is 7.94. The Balaban J connectivity index is 2.02. The van der Waals surface area contributed by atoms with Gasteiger partial charge in [-0.3, -0.25) is 4.79 Å². The summed E-state index contributed by atoms with van der Waals surface area (Å²) < 4.78 is 0.0369. The molecule has 0 aliphatic heterocycles. The molecule has 0 saturated heterocycles. The van der Waals surface area contributed by atoms with Crippen molar-refractivity contribution in [1.29, 1.82) is 0 Å². The van der Waals surface area contributed by atoms with Crippen LogP contribution in [0.4, 0.5) is 11.4 Å². The van der Waals surface area contributed by atoms with E-state index >= 15 is 0 Å². The van der Waals surface area contributed by atoms with Gasteiger partial charge in [0.15, 0.2) is 0 Å². The van der Waals surface area contributed by atoms with E-state index in [-0.39, 0.29) is 4.74 Å². The molecule has 1 aromatic heterocycles. The Bertz CT molecular complexity index is 481. The molecule has 4 heteroatoms. The lowest BCUT2D eigenvalue weighted by Gasteiger charge is -2.08. The number of hydrogen-bond acceptors (Lipinski definition) is 4. The van der Waals surface area contributed by atoms with Crippen molar-refractivity contribution in [3.8, 4) is 0 Å². The second kappa shape index (κ2) is 4.61. The van der Waals surface area contributed by atoms with Crippen molar-refractivity contribution >= 4 is 22.7 Å². The molecule has 2 N–H and O–H groups in total. The monoisotopic (exact) mass is 218 g/mol. The predicted octanol–water partition coefficient (Wildman–Crippen LogP) is 2.55. The SMILES string of the molecule is O=c1cc(NNc2ccccc2)ccs1. The fourth-order valence-electron chi connectivity index (χ4n) is 1.13. The fourth-order valence-corrected chi connectivity index (χ4v) is 1.67. The largest absolute Gasteiger partial charge is 0.301 e. The van der Waals surface area contributed by atoms with E-state index < -0.39 is 0 Å². The molecule has 2 aromatic rings. The van der Waals surface area contributed by atoms with Crippen LogP contribution in [0.25, 0.3) is 0 Å². The highest BCUT2D eigenvalue weighted by molar-refractivity contribution is 7.07. The molecule has 0 aliphatic carbocycles. The molecular weight excluding hydrogens is 208 g/mol. The fraction of sp³-hybridized carbons (Fsp3) is 0. The quantitative estimate of drug-likeness (QED) is 0.778. The van der Waals surface area contributed by atoms with Crippen molar-refractivity contribution in [1.82, 2.24) is 0 Å². The first-order chi connectivity index (χ1) is 7.34. The molecule has 0 fully saturated rings. The van der Waals surface area contributed by atoms with Gasteiger partial charge in [0.25, 0.3) is 0 Å². The molecule has 0 atom stereocenters. The van der Waals surface area contributed by atoms with Gasteiger partial charge >= 0.3 is 0 Å². The molecule has 0 aliphatic rings. The maximum absolute atomic E-state index is 11.1. The first-order valence-corrected chi connectivity index (χ1v) is 5.38. The summed E-state index contributed by atoms with van der Waals surface area (Å²) in [5.74, 6) is 0. The number of benzene rings is 1. The minimum atomic E-state index is 0.0369. The van der Waals surface area contributed by atoms with E-state index in [9.17, 15) is 4.79 Å². The maximum atomic E-state index is 11.1. The van der Waals surface area contributed by atoms with Gasteiger partial charge in [-0.05, 0) is 23.6 Å². The highest BCUT2D eigenvalue weighted by Gasteiger charge is 1.92. The molecule has 0 unspecified atom stereocenters. The summed E-state index contributed by atoms with van der Waals surface area (Å²) >= 11 is 1.18. The van der Waals surface area contributed by atoms with Crippen LogP contribution >= 0.6 is 11.3 Å². The van der Waals surface area contributed by atoms with Crippen LogP contribution in [0.1, 0.15) is 0 Å². The molecular formula is C11H10N2OS. The summed E-state index contributed by atoms with van der Waals surface area (Å²) in [5.41, 5.74) is 7.68. The van der Waals surface area contributed by atoms with Crippen molar-refractivity contribution in [2.24, 2.45) is 0 Å². The molecule has 1 heterocycles. The Morgan fingerprint density at radius 1 is 0.933 bits per heavy atom. The van der Waals surface area contributed by atoms with Gasteiger partial charge in [-0.1, -0.05) is 18.2 Å². The standard InChI is InChI=1S/C11H10N2OS/c14-11-8-10(6-7-15-11)13-12-9-4-2-1-3-5-9/h1-8,12-13H. The lowest BCUT2D eigenvalue weighted by atomic mass is 10.3. The Morgan fingerprint density at radius 3 is 2.40 bits per heavy atom. The molecule has 0 bridgehead atoms. The van der Waals surface area contributed by atoms with Gasteiger partial charge in [-0.25, -0.2) is 0 Å². The molecule has 15 heavy (non-hydrogen) atoms. The number of para-hydroxylation sites is 1. The Hall–Kier alpha value is -1.81. The predicted molar refractivity (Wildman–Crippen MR) is 64.3 cm³/mol. The summed E-state index contributed by atoms with van der Waals surface area (Å²) in [6.07, 6.45) is 0. The molecule has 3 nitrogen and oxygen atoms in total. The van der Waals surface area contributed by atoms with Crippen molar-refractivity contribution < 1.29 is 0 Å². The van der Waals surface area contributed by atoms with Crippen molar-refractivity contribution in [2.45, 2.75) is 0 Å². The third-order valence-corrected chi connectivity index (χ3v) is 2.45.